The number of benzene rings is 1. The molecule has 8 nitrogen and oxygen atoms in total. The fourth-order valence-corrected chi connectivity index (χ4v) is 2.13. The molecule has 0 unspecified atom stereocenters. The van der Waals surface area contributed by atoms with Gasteiger partial charge in [-0.1, -0.05) is 12.1 Å². The lowest BCUT2D eigenvalue weighted by Crippen LogP contribution is -2.21. The van der Waals surface area contributed by atoms with Crippen molar-refractivity contribution < 1.29 is 28.4 Å². The van der Waals surface area contributed by atoms with E-state index >= 15 is 0 Å². The van der Waals surface area contributed by atoms with E-state index in [1.54, 1.807) is 19.1 Å². The molecule has 25 heavy (non-hydrogen) atoms. The molecule has 1 N–H and O–H groups in total. The topological polar surface area (TPSA) is 108 Å². The van der Waals surface area contributed by atoms with Crippen molar-refractivity contribution in [2.45, 2.75) is 20.3 Å². The third kappa shape index (κ3) is 4.43. The standard InChI is InChI=1S/C17H18N2O6/c1-4-13-15(10(2)25-19-13)17(22)24-9-14(20)18-12-7-5-11(6-8-12)16(21)23-3/h5-8H,4,9H2,1-3H3,(H,18,20). The summed E-state index contributed by atoms with van der Waals surface area (Å²) in [5.74, 6) is -1.29. The summed E-state index contributed by atoms with van der Waals surface area (Å²) in [7, 11) is 1.29. The Morgan fingerprint density at radius 2 is 1.84 bits per heavy atom. The number of hydrogen-bond acceptors (Lipinski definition) is 7. The number of aryl methyl sites for hydroxylation is 2. The third-order valence-electron chi connectivity index (χ3n) is 3.40. The molecule has 1 heterocycles. The minimum absolute atomic E-state index is 0.248. The first kappa shape index (κ1) is 18.2. The Balaban J connectivity index is 1.91. The summed E-state index contributed by atoms with van der Waals surface area (Å²) in [6.07, 6.45) is 0.514. The number of esters is 2. The van der Waals surface area contributed by atoms with Gasteiger partial charge in [0.05, 0.1) is 18.4 Å². The average Bonchev–Trinajstić information content (AvgIpc) is 3.00. The quantitative estimate of drug-likeness (QED) is 0.798. The molecule has 0 bridgehead atoms. The van der Waals surface area contributed by atoms with Gasteiger partial charge in [0.2, 0.25) is 0 Å². The second-order valence-corrected chi connectivity index (χ2v) is 5.11. The van der Waals surface area contributed by atoms with Gasteiger partial charge in [0.15, 0.2) is 6.61 Å². The largest absolute Gasteiger partial charge is 0.465 e. The Kier molecular flexibility index (Phi) is 5.89. The van der Waals surface area contributed by atoms with E-state index in [9.17, 15) is 14.4 Å². The van der Waals surface area contributed by atoms with E-state index in [1.807, 2.05) is 6.92 Å². The van der Waals surface area contributed by atoms with Gasteiger partial charge in [-0.25, -0.2) is 9.59 Å². The Morgan fingerprint density at radius 3 is 2.44 bits per heavy atom. The molecule has 0 aliphatic heterocycles. The molecule has 1 aromatic carbocycles. The third-order valence-corrected chi connectivity index (χ3v) is 3.40. The number of carbonyl (C=O) groups excluding carboxylic acids is 3. The van der Waals surface area contributed by atoms with Gasteiger partial charge in [-0.2, -0.15) is 0 Å². The lowest BCUT2D eigenvalue weighted by molar-refractivity contribution is -0.119. The molecule has 0 fully saturated rings. The van der Waals surface area contributed by atoms with Crippen LogP contribution in [0.2, 0.25) is 0 Å². The van der Waals surface area contributed by atoms with Crippen molar-refractivity contribution in [3.05, 3.63) is 46.8 Å². The minimum Gasteiger partial charge on any atom is -0.465 e. The van der Waals surface area contributed by atoms with Crippen LogP contribution in [0.4, 0.5) is 5.69 Å². The molecule has 2 rings (SSSR count). The zero-order valence-corrected chi connectivity index (χ0v) is 14.1. The first-order valence-electron chi connectivity index (χ1n) is 7.56. The molecule has 132 valence electrons. The van der Waals surface area contributed by atoms with E-state index in [4.69, 9.17) is 9.26 Å². The van der Waals surface area contributed by atoms with Crippen molar-refractivity contribution in [2.75, 3.05) is 19.0 Å². The summed E-state index contributed by atoms with van der Waals surface area (Å²) in [6.45, 7) is 2.98. The van der Waals surface area contributed by atoms with Gasteiger partial charge >= 0.3 is 11.9 Å². The van der Waals surface area contributed by atoms with E-state index in [0.717, 1.165) is 0 Å². The molecule has 0 saturated heterocycles. The van der Waals surface area contributed by atoms with Gasteiger partial charge in [-0.15, -0.1) is 0 Å². The molecular weight excluding hydrogens is 328 g/mol. The summed E-state index contributed by atoms with van der Waals surface area (Å²) in [6, 6.07) is 6.12. The lowest BCUT2D eigenvalue weighted by Gasteiger charge is -2.07. The predicted octanol–water partition coefficient (Wildman–Crippen LogP) is 2.13. The van der Waals surface area contributed by atoms with Crippen LogP contribution in [0.5, 0.6) is 0 Å². The smallest absolute Gasteiger partial charge is 0.344 e. The number of hydrogen-bond donors (Lipinski definition) is 1. The number of nitrogens with zero attached hydrogens (tertiary/aromatic N) is 1. The van der Waals surface area contributed by atoms with Crippen LogP contribution >= 0.6 is 0 Å². The maximum atomic E-state index is 12.1. The van der Waals surface area contributed by atoms with E-state index in [1.165, 1.54) is 19.2 Å². The van der Waals surface area contributed by atoms with Gasteiger partial charge in [0, 0.05) is 5.69 Å². The molecule has 0 aliphatic rings. The molecule has 1 aromatic heterocycles. The van der Waals surface area contributed by atoms with Crippen LogP contribution in [0.15, 0.2) is 28.8 Å². The molecule has 0 saturated carbocycles. The molecule has 0 spiro atoms. The summed E-state index contributed by atoms with van der Waals surface area (Å²) in [5, 5.41) is 6.33. The number of ether oxygens (including phenoxy) is 2. The van der Waals surface area contributed by atoms with Crippen molar-refractivity contribution in [1.82, 2.24) is 5.16 Å². The Hall–Kier alpha value is -3.16. The summed E-state index contributed by atoms with van der Waals surface area (Å²) in [4.78, 5) is 35.3. The Morgan fingerprint density at radius 1 is 1.16 bits per heavy atom. The van der Waals surface area contributed by atoms with Crippen LogP contribution in [0.3, 0.4) is 0 Å². The first-order chi connectivity index (χ1) is 12.0. The van der Waals surface area contributed by atoms with Crippen LogP contribution in [0.1, 0.15) is 39.1 Å². The van der Waals surface area contributed by atoms with Gasteiger partial charge in [0.25, 0.3) is 5.91 Å². The van der Waals surface area contributed by atoms with Crippen LogP contribution in [0, 0.1) is 6.92 Å². The number of nitrogens with one attached hydrogen (secondary N) is 1. The van der Waals surface area contributed by atoms with Crippen LogP contribution < -0.4 is 5.32 Å². The van der Waals surface area contributed by atoms with E-state index in [2.05, 4.69) is 15.2 Å². The van der Waals surface area contributed by atoms with Crippen molar-refractivity contribution >= 4 is 23.5 Å². The minimum atomic E-state index is -0.660. The van der Waals surface area contributed by atoms with Gasteiger partial charge < -0.3 is 19.3 Å². The molecule has 2 aromatic rings. The summed E-state index contributed by atoms with van der Waals surface area (Å²) in [5.41, 5.74) is 1.56. The van der Waals surface area contributed by atoms with Crippen LogP contribution in [0.25, 0.3) is 0 Å². The van der Waals surface area contributed by atoms with Crippen LogP contribution in [-0.2, 0) is 20.7 Å². The molecule has 0 atom stereocenters. The van der Waals surface area contributed by atoms with Crippen molar-refractivity contribution in [1.29, 1.82) is 0 Å². The van der Waals surface area contributed by atoms with Crippen molar-refractivity contribution in [2.24, 2.45) is 0 Å². The zero-order valence-electron chi connectivity index (χ0n) is 14.1. The molecule has 8 heteroatoms. The monoisotopic (exact) mass is 346 g/mol. The molecular formula is C17H18N2O6. The predicted molar refractivity (Wildman–Crippen MR) is 87.3 cm³/mol. The fourth-order valence-electron chi connectivity index (χ4n) is 2.13. The number of rotatable bonds is 6. The lowest BCUT2D eigenvalue weighted by atomic mass is 10.1. The van der Waals surface area contributed by atoms with E-state index < -0.39 is 24.5 Å². The first-order valence-corrected chi connectivity index (χ1v) is 7.56. The summed E-state index contributed by atoms with van der Waals surface area (Å²) < 4.78 is 14.5. The number of aromatic nitrogens is 1. The highest BCUT2D eigenvalue weighted by Crippen LogP contribution is 2.15. The number of carbonyl (C=O) groups is 3. The molecule has 0 radical (unpaired) electrons. The SMILES string of the molecule is CCc1noc(C)c1C(=O)OCC(=O)Nc1ccc(C(=O)OC)cc1. The highest BCUT2D eigenvalue weighted by Gasteiger charge is 2.21. The maximum Gasteiger partial charge on any atom is 0.344 e. The van der Waals surface area contributed by atoms with Crippen LogP contribution in [-0.4, -0.2) is 36.7 Å². The van der Waals surface area contributed by atoms with Gasteiger partial charge in [0.1, 0.15) is 11.3 Å². The molecule has 1 amide bonds. The number of methoxy groups -OCH3 is 1. The number of anilines is 1. The number of amides is 1. The van der Waals surface area contributed by atoms with Gasteiger partial charge in [-0.05, 0) is 37.6 Å². The highest BCUT2D eigenvalue weighted by molar-refractivity contribution is 5.97. The normalized spacial score (nSPS) is 10.2. The van der Waals surface area contributed by atoms with E-state index in [0.29, 0.717) is 29.1 Å². The van der Waals surface area contributed by atoms with Crippen molar-refractivity contribution in [3.63, 3.8) is 0 Å². The summed E-state index contributed by atoms with van der Waals surface area (Å²) >= 11 is 0. The van der Waals surface area contributed by atoms with Crippen molar-refractivity contribution in [3.8, 4) is 0 Å². The Bertz CT molecular complexity index is 779. The maximum absolute atomic E-state index is 12.1. The van der Waals surface area contributed by atoms with E-state index in [-0.39, 0.29) is 5.56 Å². The van der Waals surface area contributed by atoms with Gasteiger partial charge in [-0.3, -0.25) is 4.79 Å². The second kappa shape index (κ2) is 8.09. The highest BCUT2D eigenvalue weighted by atomic mass is 16.5. The fraction of sp³-hybridized carbons (Fsp3) is 0.294. The second-order valence-electron chi connectivity index (χ2n) is 5.11. The molecule has 0 aliphatic carbocycles. The zero-order chi connectivity index (χ0) is 18.4. The Labute approximate surface area is 144 Å². The average molecular weight is 346 g/mol.